The van der Waals surface area contributed by atoms with Gasteiger partial charge < -0.3 is 5.11 Å². The van der Waals surface area contributed by atoms with Crippen molar-refractivity contribution >= 4 is 5.97 Å². The van der Waals surface area contributed by atoms with E-state index in [9.17, 15) is 4.79 Å². The fourth-order valence-electron chi connectivity index (χ4n) is 1.45. The number of hydrogen-bond donors (Lipinski definition) is 1. The molecule has 0 aliphatic carbocycles. The maximum absolute atomic E-state index is 11.1. The van der Waals surface area contributed by atoms with Gasteiger partial charge in [0.05, 0.1) is 5.60 Å². The first-order valence-corrected chi connectivity index (χ1v) is 7.15. The molecule has 1 atom stereocenters. The zero-order chi connectivity index (χ0) is 15.1. The predicted molar refractivity (Wildman–Crippen MR) is 75.9 cm³/mol. The van der Waals surface area contributed by atoms with E-state index >= 15 is 0 Å². The fraction of sp³-hybridized carbons (Fsp3) is 0.933. The highest BCUT2D eigenvalue weighted by atomic mass is 17.2. The highest BCUT2D eigenvalue weighted by molar-refractivity contribution is 5.72. The predicted octanol–water partition coefficient (Wildman–Crippen LogP) is 4.18. The molecule has 1 N–H and O–H groups in total. The van der Waals surface area contributed by atoms with Crippen LogP contribution in [0.1, 0.15) is 73.6 Å². The highest BCUT2D eigenvalue weighted by Gasteiger charge is 2.24. The molecule has 0 saturated carbocycles. The van der Waals surface area contributed by atoms with Gasteiger partial charge in [-0.2, -0.15) is 0 Å². The van der Waals surface area contributed by atoms with E-state index < -0.39 is 17.7 Å². The lowest BCUT2D eigenvalue weighted by atomic mass is 9.89. The summed E-state index contributed by atoms with van der Waals surface area (Å²) in [5.41, 5.74) is -0.153. The molecule has 0 radical (unpaired) electrons. The van der Waals surface area contributed by atoms with Crippen LogP contribution in [0.15, 0.2) is 0 Å². The zero-order valence-corrected chi connectivity index (χ0v) is 13.3. The average Bonchev–Trinajstić information content (AvgIpc) is 2.26. The fourth-order valence-corrected chi connectivity index (χ4v) is 1.45. The Hall–Kier alpha value is -0.610. The van der Waals surface area contributed by atoms with Gasteiger partial charge >= 0.3 is 5.97 Å². The molecule has 0 aromatic heterocycles. The quantitative estimate of drug-likeness (QED) is 0.389. The second kappa shape index (κ2) is 7.85. The maximum atomic E-state index is 11.1. The number of rotatable bonds is 9. The van der Waals surface area contributed by atoms with Crippen LogP contribution < -0.4 is 0 Å². The molecule has 0 amide bonds. The number of carbonyl (C=O) groups is 1. The monoisotopic (exact) mass is 274 g/mol. The second-order valence-electron chi connectivity index (χ2n) is 6.93. The Morgan fingerprint density at radius 1 is 1.16 bits per heavy atom. The Morgan fingerprint density at radius 2 is 1.74 bits per heavy atom. The molecule has 0 rings (SSSR count). The van der Waals surface area contributed by atoms with Gasteiger partial charge in [-0.25, -0.2) is 14.6 Å². The van der Waals surface area contributed by atoms with Crippen molar-refractivity contribution < 1.29 is 19.7 Å². The second-order valence-corrected chi connectivity index (χ2v) is 6.93. The van der Waals surface area contributed by atoms with Crippen molar-refractivity contribution in [3.8, 4) is 0 Å². The van der Waals surface area contributed by atoms with E-state index in [-0.39, 0.29) is 0 Å². The molecule has 0 bridgehead atoms. The number of carboxylic acid groups (broad SMARTS) is 1. The van der Waals surface area contributed by atoms with Crippen LogP contribution >= 0.6 is 0 Å². The van der Waals surface area contributed by atoms with Crippen molar-refractivity contribution in [3.63, 3.8) is 0 Å². The van der Waals surface area contributed by atoms with Gasteiger partial charge in [-0.1, -0.05) is 40.5 Å². The molecule has 114 valence electrons. The SMILES string of the molecule is CCC(C)(C)OOC(CCCCC(C)(C)C)C(=O)O. The van der Waals surface area contributed by atoms with Gasteiger partial charge in [-0.15, -0.1) is 0 Å². The molecule has 0 aromatic rings. The summed E-state index contributed by atoms with van der Waals surface area (Å²) in [4.78, 5) is 21.4. The topological polar surface area (TPSA) is 55.8 Å². The molecular weight excluding hydrogens is 244 g/mol. The van der Waals surface area contributed by atoms with E-state index in [1.807, 2.05) is 20.8 Å². The molecule has 0 aromatic carbocycles. The van der Waals surface area contributed by atoms with Crippen LogP contribution in [0.2, 0.25) is 0 Å². The van der Waals surface area contributed by atoms with Gasteiger partial charge in [-0.05, 0) is 38.5 Å². The lowest BCUT2D eigenvalue weighted by Crippen LogP contribution is -2.31. The number of unbranched alkanes of at least 4 members (excludes halogenated alkanes) is 1. The summed E-state index contributed by atoms with van der Waals surface area (Å²) in [6.07, 6.45) is 3.32. The van der Waals surface area contributed by atoms with Crippen molar-refractivity contribution in [2.75, 3.05) is 0 Å². The third-order valence-electron chi connectivity index (χ3n) is 3.16. The highest BCUT2D eigenvalue weighted by Crippen LogP contribution is 2.23. The summed E-state index contributed by atoms with van der Waals surface area (Å²) in [5, 5.41) is 9.10. The first kappa shape index (κ1) is 18.4. The summed E-state index contributed by atoms with van der Waals surface area (Å²) >= 11 is 0. The molecule has 4 nitrogen and oxygen atoms in total. The van der Waals surface area contributed by atoms with Crippen LogP contribution in [-0.4, -0.2) is 22.8 Å². The Kier molecular flexibility index (Phi) is 7.60. The molecule has 0 aliphatic rings. The Balaban J connectivity index is 4.04. The van der Waals surface area contributed by atoms with E-state index in [2.05, 4.69) is 20.8 Å². The van der Waals surface area contributed by atoms with Gasteiger partial charge in [0, 0.05) is 0 Å². The van der Waals surface area contributed by atoms with Gasteiger partial charge in [0.15, 0.2) is 6.10 Å². The first-order valence-electron chi connectivity index (χ1n) is 7.15. The van der Waals surface area contributed by atoms with E-state index in [0.29, 0.717) is 11.8 Å². The molecule has 0 fully saturated rings. The Bertz CT molecular complexity index is 266. The van der Waals surface area contributed by atoms with Crippen LogP contribution in [0.25, 0.3) is 0 Å². The van der Waals surface area contributed by atoms with Crippen molar-refractivity contribution in [2.24, 2.45) is 5.41 Å². The first-order chi connectivity index (χ1) is 8.57. The summed E-state index contributed by atoms with van der Waals surface area (Å²) < 4.78 is 0. The lowest BCUT2D eigenvalue weighted by Gasteiger charge is -2.24. The summed E-state index contributed by atoms with van der Waals surface area (Å²) in [6, 6.07) is 0. The lowest BCUT2D eigenvalue weighted by molar-refractivity contribution is -0.373. The number of carboxylic acids is 1. The van der Waals surface area contributed by atoms with Crippen LogP contribution in [0.4, 0.5) is 0 Å². The smallest absolute Gasteiger partial charge is 0.336 e. The molecular formula is C15H30O4. The van der Waals surface area contributed by atoms with Gasteiger partial charge in [0.25, 0.3) is 0 Å². The molecule has 19 heavy (non-hydrogen) atoms. The average molecular weight is 274 g/mol. The van der Waals surface area contributed by atoms with Gasteiger partial charge in [0.2, 0.25) is 0 Å². The Morgan fingerprint density at radius 3 is 2.16 bits per heavy atom. The van der Waals surface area contributed by atoms with Crippen molar-refractivity contribution in [1.29, 1.82) is 0 Å². The van der Waals surface area contributed by atoms with E-state index in [4.69, 9.17) is 14.9 Å². The normalized spacial score (nSPS) is 14.4. The van der Waals surface area contributed by atoms with E-state index in [1.54, 1.807) is 0 Å². The van der Waals surface area contributed by atoms with Crippen LogP contribution in [0.3, 0.4) is 0 Å². The minimum atomic E-state index is -0.956. The number of aliphatic carboxylic acids is 1. The third kappa shape index (κ3) is 9.91. The molecule has 0 aliphatic heterocycles. The van der Waals surface area contributed by atoms with E-state index in [0.717, 1.165) is 25.7 Å². The zero-order valence-electron chi connectivity index (χ0n) is 13.3. The summed E-state index contributed by atoms with van der Waals surface area (Å²) in [5.74, 6) is -0.956. The van der Waals surface area contributed by atoms with Crippen LogP contribution in [0, 0.1) is 5.41 Å². The minimum absolute atomic E-state index is 0.292. The molecule has 0 spiro atoms. The third-order valence-corrected chi connectivity index (χ3v) is 3.16. The molecule has 0 saturated heterocycles. The summed E-state index contributed by atoms with van der Waals surface area (Å²) in [6.45, 7) is 12.3. The van der Waals surface area contributed by atoms with Crippen molar-refractivity contribution in [2.45, 2.75) is 85.4 Å². The van der Waals surface area contributed by atoms with Gasteiger partial charge in [0.1, 0.15) is 0 Å². The molecule has 0 heterocycles. The maximum Gasteiger partial charge on any atom is 0.336 e. The van der Waals surface area contributed by atoms with E-state index in [1.165, 1.54) is 0 Å². The van der Waals surface area contributed by atoms with Gasteiger partial charge in [-0.3, -0.25) is 0 Å². The molecule has 1 unspecified atom stereocenters. The Labute approximate surface area is 117 Å². The van der Waals surface area contributed by atoms with Crippen molar-refractivity contribution in [1.82, 2.24) is 0 Å². The molecule has 4 heteroatoms. The standard InChI is InChI=1S/C15H30O4/c1-7-15(5,6)19-18-12(13(16)17)10-8-9-11-14(2,3)4/h12H,7-11H2,1-6H3,(H,16,17). The van der Waals surface area contributed by atoms with Crippen LogP contribution in [0.5, 0.6) is 0 Å². The van der Waals surface area contributed by atoms with Crippen LogP contribution in [-0.2, 0) is 14.6 Å². The number of hydrogen-bond acceptors (Lipinski definition) is 3. The largest absolute Gasteiger partial charge is 0.479 e. The minimum Gasteiger partial charge on any atom is -0.479 e. The summed E-state index contributed by atoms with van der Waals surface area (Å²) in [7, 11) is 0. The van der Waals surface area contributed by atoms with Crippen molar-refractivity contribution in [3.05, 3.63) is 0 Å².